The van der Waals surface area contributed by atoms with Crippen molar-refractivity contribution in [3.63, 3.8) is 0 Å². The highest BCUT2D eigenvalue weighted by Crippen LogP contribution is 2.11. The third-order valence-corrected chi connectivity index (χ3v) is 4.57. The maximum atomic E-state index is 12.4. The number of ketones is 1. The van der Waals surface area contributed by atoms with Crippen LogP contribution in [0.2, 0.25) is 0 Å². The summed E-state index contributed by atoms with van der Waals surface area (Å²) in [5, 5.41) is 12.8. The Morgan fingerprint density at radius 2 is 1.78 bits per heavy atom. The number of carbonyl (C=O) groups is 1. The van der Waals surface area contributed by atoms with Crippen LogP contribution < -0.4 is 5.06 Å². The third-order valence-electron chi connectivity index (χ3n) is 3.46. The van der Waals surface area contributed by atoms with Gasteiger partial charge >= 0.3 is 0 Å². The monoisotopic (exact) mass is 329 g/mol. The molecule has 0 aliphatic carbocycles. The van der Waals surface area contributed by atoms with Gasteiger partial charge in [-0.15, -0.1) is 0 Å². The zero-order valence-corrected chi connectivity index (χ0v) is 14.4. The standard InChI is InChI=1S/C19H23NO2S/c1-15(2)23-12-11-20(22)14-16-7-6-10-18(13-16)19(21)17-8-4-3-5-9-17/h3-10,13,15,20H,11-12,14H2,1-2H3. The Balaban J connectivity index is 1.98. The van der Waals surface area contributed by atoms with Crippen molar-refractivity contribution in [2.45, 2.75) is 25.6 Å². The summed E-state index contributed by atoms with van der Waals surface area (Å²) in [4.78, 5) is 12.4. The van der Waals surface area contributed by atoms with Crippen molar-refractivity contribution < 1.29 is 9.86 Å². The van der Waals surface area contributed by atoms with Gasteiger partial charge in [0.1, 0.15) is 6.54 Å². The van der Waals surface area contributed by atoms with Gasteiger partial charge in [0, 0.05) is 22.4 Å². The fourth-order valence-electron chi connectivity index (χ4n) is 2.30. The van der Waals surface area contributed by atoms with E-state index in [9.17, 15) is 10.0 Å². The summed E-state index contributed by atoms with van der Waals surface area (Å²) in [6.45, 7) is 5.25. The van der Waals surface area contributed by atoms with Gasteiger partial charge in [-0.05, 0) is 11.3 Å². The van der Waals surface area contributed by atoms with Crippen LogP contribution in [0.25, 0.3) is 0 Å². The van der Waals surface area contributed by atoms with E-state index >= 15 is 0 Å². The van der Waals surface area contributed by atoms with Crippen LogP contribution in [0.15, 0.2) is 54.6 Å². The average molecular weight is 329 g/mol. The minimum atomic E-state index is -0.00439. The van der Waals surface area contributed by atoms with Crippen LogP contribution in [0.5, 0.6) is 0 Å². The molecule has 3 nitrogen and oxygen atoms in total. The van der Waals surface area contributed by atoms with Gasteiger partial charge in [-0.3, -0.25) is 4.79 Å². The van der Waals surface area contributed by atoms with E-state index in [1.807, 2.05) is 48.5 Å². The fourth-order valence-corrected chi connectivity index (χ4v) is 3.12. The first-order valence-corrected chi connectivity index (χ1v) is 8.93. The van der Waals surface area contributed by atoms with Crippen LogP contribution in [0.4, 0.5) is 0 Å². The molecule has 0 spiro atoms. The topological polar surface area (TPSA) is 44.6 Å². The first kappa shape index (κ1) is 17.7. The molecule has 0 radical (unpaired) electrons. The van der Waals surface area contributed by atoms with E-state index in [-0.39, 0.29) is 10.8 Å². The van der Waals surface area contributed by atoms with E-state index in [2.05, 4.69) is 13.8 Å². The molecule has 1 atom stereocenters. The lowest BCUT2D eigenvalue weighted by molar-refractivity contribution is -0.859. The number of thioether (sulfide) groups is 1. The van der Waals surface area contributed by atoms with Crippen molar-refractivity contribution in [3.05, 3.63) is 76.5 Å². The van der Waals surface area contributed by atoms with Crippen molar-refractivity contribution in [3.8, 4) is 0 Å². The SMILES string of the molecule is CC(C)SCC[NH+]([O-])Cc1cccc(C(=O)c2ccccc2)c1. The summed E-state index contributed by atoms with van der Waals surface area (Å²) in [6, 6.07) is 16.6. The van der Waals surface area contributed by atoms with Crippen molar-refractivity contribution >= 4 is 17.5 Å². The van der Waals surface area contributed by atoms with Crippen molar-refractivity contribution in [1.29, 1.82) is 0 Å². The molecular formula is C19H23NO2S. The Labute approximate surface area is 142 Å². The van der Waals surface area contributed by atoms with Crippen LogP contribution in [-0.2, 0) is 6.54 Å². The lowest BCUT2D eigenvalue weighted by atomic mass is 10.0. The number of carbonyl (C=O) groups excluding carboxylic acids is 1. The number of hydroxylamine groups is 2. The molecule has 2 aromatic carbocycles. The first-order valence-electron chi connectivity index (χ1n) is 7.88. The fraction of sp³-hybridized carbons (Fsp3) is 0.316. The van der Waals surface area contributed by atoms with Gasteiger partial charge in [0.05, 0.1) is 6.54 Å². The van der Waals surface area contributed by atoms with E-state index in [0.29, 0.717) is 29.5 Å². The molecule has 0 aromatic heterocycles. The minimum Gasteiger partial charge on any atom is -0.634 e. The Morgan fingerprint density at radius 1 is 1.09 bits per heavy atom. The van der Waals surface area contributed by atoms with Gasteiger partial charge in [-0.1, -0.05) is 62.4 Å². The van der Waals surface area contributed by atoms with E-state index < -0.39 is 0 Å². The highest BCUT2D eigenvalue weighted by molar-refractivity contribution is 7.99. The van der Waals surface area contributed by atoms with Crippen molar-refractivity contribution in [1.82, 2.24) is 0 Å². The van der Waals surface area contributed by atoms with Gasteiger partial charge in [-0.2, -0.15) is 11.8 Å². The number of hydrogen-bond donors (Lipinski definition) is 1. The molecule has 122 valence electrons. The maximum absolute atomic E-state index is 12.4. The molecule has 1 unspecified atom stereocenters. The second-order valence-corrected chi connectivity index (χ2v) is 7.46. The first-order chi connectivity index (χ1) is 11.1. The predicted molar refractivity (Wildman–Crippen MR) is 96.8 cm³/mol. The quantitative estimate of drug-likeness (QED) is 0.598. The zero-order valence-electron chi connectivity index (χ0n) is 13.6. The highest BCUT2D eigenvalue weighted by atomic mass is 32.2. The normalized spacial score (nSPS) is 12.3. The predicted octanol–water partition coefficient (Wildman–Crippen LogP) is 2.94. The number of quaternary nitrogens is 1. The molecule has 0 saturated carbocycles. The highest BCUT2D eigenvalue weighted by Gasteiger charge is 2.10. The molecule has 0 aliphatic heterocycles. The van der Waals surface area contributed by atoms with Crippen LogP contribution in [0, 0.1) is 5.21 Å². The van der Waals surface area contributed by atoms with Gasteiger partial charge in [0.2, 0.25) is 0 Å². The van der Waals surface area contributed by atoms with E-state index in [1.54, 1.807) is 17.8 Å². The van der Waals surface area contributed by atoms with Crippen molar-refractivity contribution in [2.24, 2.45) is 0 Å². The van der Waals surface area contributed by atoms with Crippen LogP contribution in [-0.4, -0.2) is 23.3 Å². The van der Waals surface area contributed by atoms with Crippen LogP contribution in [0.3, 0.4) is 0 Å². The molecule has 23 heavy (non-hydrogen) atoms. The van der Waals surface area contributed by atoms with Crippen molar-refractivity contribution in [2.75, 3.05) is 12.3 Å². The largest absolute Gasteiger partial charge is 0.634 e. The summed E-state index contributed by atoms with van der Waals surface area (Å²) in [7, 11) is 0. The molecule has 0 fully saturated rings. The minimum absolute atomic E-state index is 0.00439. The Hall–Kier alpha value is -1.62. The lowest BCUT2D eigenvalue weighted by Crippen LogP contribution is -3.06. The van der Waals surface area contributed by atoms with Gasteiger partial charge in [-0.25, -0.2) is 0 Å². The number of nitrogens with one attached hydrogen (secondary N) is 1. The molecule has 2 rings (SSSR count). The molecular weight excluding hydrogens is 306 g/mol. The van der Waals surface area contributed by atoms with Gasteiger partial charge in [0.15, 0.2) is 5.78 Å². The molecule has 4 heteroatoms. The smallest absolute Gasteiger partial charge is 0.193 e. The average Bonchev–Trinajstić information content (AvgIpc) is 2.55. The van der Waals surface area contributed by atoms with Gasteiger partial charge in [0.25, 0.3) is 0 Å². The van der Waals surface area contributed by atoms with Gasteiger partial charge < -0.3 is 10.3 Å². The second-order valence-electron chi connectivity index (χ2n) is 5.78. The molecule has 0 heterocycles. The number of hydrogen-bond acceptors (Lipinski definition) is 3. The summed E-state index contributed by atoms with van der Waals surface area (Å²) in [5.41, 5.74) is 2.22. The number of rotatable bonds is 8. The third kappa shape index (κ3) is 5.82. The Bertz CT molecular complexity index is 628. The van der Waals surface area contributed by atoms with Crippen LogP contribution in [0.1, 0.15) is 35.3 Å². The van der Waals surface area contributed by atoms with E-state index in [1.165, 1.54) is 0 Å². The van der Waals surface area contributed by atoms with E-state index in [4.69, 9.17) is 0 Å². The Morgan fingerprint density at radius 3 is 2.48 bits per heavy atom. The summed E-state index contributed by atoms with van der Waals surface area (Å²) in [5.74, 6) is 0.856. The molecule has 0 bridgehead atoms. The lowest BCUT2D eigenvalue weighted by Gasteiger charge is -2.22. The molecule has 0 saturated heterocycles. The second kappa shape index (κ2) is 8.87. The summed E-state index contributed by atoms with van der Waals surface area (Å²) < 4.78 is 0. The summed E-state index contributed by atoms with van der Waals surface area (Å²) in [6.07, 6.45) is 0. The maximum Gasteiger partial charge on any atom is 0.193 e. The van der Waals surface area contributed by atoms with Crippen LogP contribution >= 0.6 is 11.8 Å². The zero-order chi connectivity index (χ0) is 16.7. The van der Waals surface area contributed by atoms with E-state index in [0.717, 1.165) is 11.3 Å². The number of benzene rings is 2. The molecule has 1 N–H and O–H groups in total. The molecule has 0 amide bonds. The Kier molecular flexibility index (Phi) is 6.84. The summed E-state index contributed by atoms with van der Waals surface area (Å²) >= 11 is 1.80. The molecule has 2 aromatic rings. The molecule has 0 aliphatic rings.